The molecule has 0 aliphatic carbocycles. The fourth-order valence-electron chi connectivity index (χ4n) is 2.84. The summed E-state index contributed by atoms with van der Waals surface area (Å²) in [5, 5.41) is 3.57. The van der Waals surface area contributed by atoms with Crippen LogP contribution in [0.2, 0.25) is 5.02 Å². The Hall–Kier alpha value is -1.29. The van der Waals surface area contributed by atoms with Gasteiger partial charge in [-0.05, 0) is 39.2 Å². The van der Waals surface area contributed by atoms with E-state index in [2.05, 4.69) is 24.1 Å². The highest BCUT2D eigenvalue weighted by molar-refractivity contribution is 6.33. The van der Waals surface area contributed by atoms with Crippen LogP contribution in [0.3, 0.4) is 0 Å². The third kappa shape index (κ3) is 2.90. The predicted octanol–water partition coefficient (Wildman–Crippen LogP) is 3.57. The number of hydrogen-bond donors (Lipinski definition) is 1. The minimum atomic E-state index is 0.0410. The largest absolute Gasteiger partial charge is 0.369 e. The molecule has 4 nitrogen and oxygen atoms in total. The number of rotatable bonds is 4. The quantitative estimate of drug-likeness (QED) is 0.923. The normalized spacial score (nSPS) is 22.1. The third-order valence-corrected chi connectivity index (χ3v) is 4.21. The number of hydrogen-bond acceptors (Lipinski definition) is 3. The second-order valence-electron chi connectivity index (χ2n) is 5.29. The zero-order valence-electron chi connectivity index (χ0n) is 12.3. The van der Waals surface area contributed by atoms with Crippen molar-refractivity contribution in [2.45, 2.75) is 52.1 Å². The first-order valence-electron chi connectivity index (χ1n) is 7.30. The molecule has 1 fully saturated rings. The van der Waals surface area contributed by atoms with Crippen molar-refractivity contribution in [2.75, 3.05) is 11.9 Å². The second-order valence-corrected chi connectivity index (χ2v) is 5.69. The summed E-state index contributed by atoms with van der Waals surface area (Å²) >= 11 is 6.17. The molecule has 1 N–H and O–H groups in total. The topological polar surface area (TPSA) is 45.2 Å². The van der Waals surface area contributed by atoms with Crippen molar-refractivity contribution in [3.8, 4) is 0 Å². The van der Waals surface area contributed by atoms with Gasteiger partial charge in [-0.3, -0.25) is 4.79 Å². The first-order valence-corrected chi connectivity index (χ1v) is 7.68. The smallest absolute Gasteiger partial charge is 0.255 e. The van der Waals surface area contributed by atoms with Crippen molar-refractivity contribution < 1.29 is 4.79 Å². The molecule has 1 amide bonds. The van der Waals surface area contributed by atoms with Crippen LogP contribution in [-0.2, 0) is 0 Å². The molecule has 2 atom stereocenters. The van der Waals surface area contributed by atoms with Crippen molar-refractivity contribution >= 4 is 23.3 Å². The van der Waals surface area contributed by atoms with E-state index in [1.54, 1.807) is 12.3 Å². The van der Waals surface area contributed by atoms with Gasteiger partial charge in [0.15, 0.2) is 0 Å². The van der Waals surface area contributed by atoms with E-state index in [0.29, 0.717) is 28.5 Å². The summed E-state index contributed by atoms with van der Waals surface area (Å²) < 4.78 is 0. The van der Waals surface area contributed by atoms with Crippen LogP contribution in [0.1, 0.15) is 50.4 Å². The Balaban J connectivity index is 2.22. The van der Waals surface area contributed by atoms with Gasteiger partial charge in [0.2, 0.25) is 0 Å². The SMILES string of the molecule is CCNc1ncc(C(=O)N2C(C)CCC2CC)cc1Cl. The van der Waals surface area contributed by atoms with Gasteiger partial charge in [0, 0.05) is 24.8 Å². The molecular formula is C15H22ClN3O. The summed E-state index contributed by atoms with van der Waals surface area (Å²) in [5.74, 6) is 0.673. The zero-order chi connectivity index (χ0) is 14.7. The van der Waals surface area contributed by atoms with Crippen LogP contribution in [0.15, 0.2) is 12.3 Å². The number of pyridine rings is 1. The molecule has 1 aliphatic rings. The summed E-state index contributed by atoms with van der Waals surface area (Å²) in [6.07, 6.45) is 4.76. The standard InChI is InChI=1S/C15H22ClN3O/c1-4-12-7-6-10(3)19(12)15(20)11-8-13(16)14(17-5-2)18-9-11/h8-10,12H,4-7H2,1-3H3,(H,17,18). The number of nitrogens with one attached hydrogen (secondary N) is 1. The maximum absolute atomic E-state index is 12.7. The van der Waals surface area contributed by atoms with Crippen molar-refractivity contribution in [1.82, 2.24) is 9.88 Å². The number of carbonyl (C=O) groups excluding carboxylic acids is 1. The lowest BCUT2D eigenvalue weighted by atomic mass is 10.1. The van der Waals surface area contributed by atoms with Gasteiger partial charge in [0.25, 0.3) is 5.91 Å². The van der Waals surface area contributed by atoms with Crippen LogP contribution in [0, 0.1) is 0 Å². The number of halogens is 1. The van der Waals surface area contributed by atoms with E-state index in [-0.39, 0.29) is 5.91 Å². The molecule has 20 heavy (non-hydrogen) atoms. The Kier molecular flexibility index (Phi) is 4.86. The van der Waals surface area contributed by atoms with Crippen LogP contribution in [0.5, 0.6) is 0 Å². The highest BCUT2D eigenvalue weighted by Gasteiger charge is 2.33. The van der Waals surface area contributed by atoms with E-state index in [1.807, 2.05) is 11.8 Å². The molecule has 0 radical (unpaired) electrons. The number of carbonyl (C=O) groups is 1. The van der Waals surface area contributed by atoms with E-state index >= 15 is 0 Å². The molecule has 0 saturated carbocycles. The summed E-state index contributed by atoms with van der Waals surface area (Å²) in [7, 11) is 0. The molecule has 110 valence electrons. The van der Waals surface area contributed by atoms with E-state index in [0.717, 1.165) is 25.8 Å². The summed E-state index contributed by atoms with van der Waals surface area (Å²) in [6.45, 7) is 6.97. The molecule has 0 spiro atoms. The second kappa shape index (κ2) is 6.44. The maximum Gasteiger partial charge on any atom is 0.255 e. The minimum Gasteiger partial charge on any atom is -0.369 e. The van der Waals surface area contributed by atoms with Gasteiger partial charge >= 0.3 is 0 Å². The van der Waals surface area contributed by atoms with Gasteiger partial charge in [0.1, 0.15) is 5.82 Å². The Bertz CT molecular complexity index is 492. The number of amides is 1. The van der Waals surface area contributed by atoms with Crippen LogP contribution in [0.25, 0.3) is 0 Å². The monoisotopic (exact) mass is 295 g/mol. The highest BCUT2D eigenvalue weighted by atomic mass is 35.5. The van der Waals surface area contributed by atoms with Gasteiger partial charge in [-0.25, -0.2) is 4.98 Å². The average molecular weight is 296 g/mol. The third-order valence-electron chi connectivity index (χ3n) is 3.92. The summed E-state index contributed by atoms with van der Waals surface area (Å²) in [4.78, 5) is 18.9. The van der Waals surface area contributed by atoms with E-state index < -0.39 is 0 Å². The molecule has 2 rings (SSSR count). The van der Waals surface area contributed by atoms with Gasteiger partial charge in [-0.15, -0.1) is 0 Å². The number of nitrogens with zero attached hydrogens (tertiary/aromatic N) is 2. The van der Waals surface area contributed by atoms with Crippen molar-refractivity contribution in [2.24, 2.45) is 0 Å². The zero-order valence-corrected chi connectivity index (χ0v) is 13.1. The Labute approximate surface area is 125 Å². The first kappa shape index (κ1) is 15.1. The van der Waals surface area contributed by atoms with Gasteiger partial charge in [-0.2, -0.15) is 0 Å². The molecular weight excluding hydrogens is 274 g/mol. The van der Waals surface area contributed by atoms with Gasteiger partial charge < -0.3 is 10.2 Å². The Morgan fingerprint density at radius 3 is 2.85 bits per heavy atom. The molecule has 2 heterocycles. The predicted molar refractivity (Wildman–Crippen MR) is 82.4 cm³/mol. The van der Waals surface area contributed by atoms with Crippen molar-refractivity contribution in [1.29, 1.82) is 0 Å². The Morgan fingerprint density at radius 1 is 1.50 bits per heavy atom. The van der Waals surface area contributed by atoms with Crippen LogP contribution >= 0.6 is 11.6 Å². The van der Waals surface area contributed by atoms with Crippen molar-refractivity contribution in [3.63, 3.8) is 0 Å². The van der Waals surface area contributed by atoms with Crippen LogP contribution < -0.4 is 5.32 Å². The molecule has 1 saturated heterocycles. The molecule has 0 bridgehead atoms. The first-order chi connectivity index (χ1) is 9.58. The molecule has 5 heteroatoms. The lowest BCUT2D eigenvalue weighted by Gasteiger charge is -2.28. The Morgan fingerprint density at radius 2 is 2.25 bits per heavy atom. The van der Waals surface area contributed by atoms with Gasteiger partial charge in [-0.1, -0.05) is 18.5 Å². The molecule has 2 unspecified atom stereocenters. The van der Waals surface area contributed by atoms with E-state index in [4.69, 9.17) is 11.6 Å². The number of aromatic nitrogens is 1. The average Bonchev–Trinajstić information content (AvgIpc) is 2.81. The minimum absolute atomic E-state index is 0.0410. The fraction of sp³-hybridized carbons (Fsp3) is 0.600. The molecule has 0 aromatic carbocycles. The maximum atomic E-state index is 12.7. The van der Waals surface area contributed by atoms with E-state index in [1.165, 1.54) is 0 Å². The fourth-order valence-corrected chi connectivity index (χ4v) is 3.07. The van der Waals surface area contributed by atoms with Crippen LogP contribution in [0.4, 0.5) is 5.82 Å². The number of likely N-dealkylation sites (tertiary alicyclic amines) is 1. The van der Waals surface area contributed by atoms with Crippen LogP contribution in [-0.4, -0.2) is 34.4 Å². The summed E-state index contributed by atoms with van der Waals surface area (Å²) in [6, 6.07) is 2.34. The van der Waals surface area contributed by atoms with Gasteiger partial charge in [0.05, 0.1) is 10.6 Å². The number of anilines is 1. The summed E-state index contributed by atoms with van der Waals surface area (Å²) in [5.41, 5.74) is 0.573. The van der Waals surface area contributed by atoms with E-state index in [9.17, 15) is 4.79 Å². The molecule has 1 aromatic heterocycles. The molecule has 1 aliphatic heterocycles. The van der Waals surface area contributed by atoms with Crippen molar-refractivity contribution in [3.05, 3.63) is 22.8 Å². The lowest BCUT2D eigenvalue weighted by Crippen LogP contribution is -2.39. The lowest BCUT2D eigenvalue weighted by molar-refractivity contribution is 0.0676. The molecule has 1 aromatic rings. The highest BCUT2D eigenvalue weighted by Crippen LogP contribution is 2.29.